The van der Waals surface area contributed by atoms with Gasteiger partial charge < -0.3 is 15.2 Å². The van der Waals surface area contributed by atoms with Crippen molar-refractivity contribution in [2.24, 2.45) is 5.41 Å². The van der Waals surface area contributed by atoms with Crippen LogP contribution in [-0.2, 0) is 9.59 Å². The maximum absolute atomic E-state index is 11.9. The number of aliphatic carboxylic acids is 1. The molecule has 1 rings (SSSR count). The number of hydrogen-bond donors (Lipinski definition) is 2. The number of nitrogens with one attached hydrogen (secondary N) is 1. The van der Waals surface area contributed by atoms with Gasteiger partial charge in [0.25, 0.3) is 0 Å². The molecule has 0 saturated carbocycles. The van der Waals surface area contributed by atoms with Gasteiger partial charge in [-0.1, -0.05) is 19.9 Å². The second-order valence-electron chi connectivity index (χ2n) is 5.19. The molecule has 0 unspecified atom stereocenters. The number of anilines is 1. The zero-order valence-electron chi connectivity index (χ0n) is 11.4. The van der Waals surface area contributed by atoms with Gasteiger partial charge in [0.1, 0.15) is 5.75 Å². The molecule has 0 aliphatic heterocycles. The number of carboxylic acids is 1. The van der Waals surface area contributed by atoms with Crippen LogP contribution in [0.5, 0.6) is 5.75 Å². The molecule has 5 nitrogen and oxygen atoms in total. The Balaban J connectivity index is 2.62. The van der Waals surface area contributed by atoms with Crippen molar-refractivity contribution in [1.82, 2.24) is 0 Å². The van der Waals surface area contributed by atoms with Crippen LogP contribution in [0.15, 0.2) is 24.3 Å². The van der Waals surface area contributed by atoms with Crippen LogP contribution in [0.4, 0.5) is 5.69 Å². The fraction of sp³-hybridized carbons (Fsp3) is 0.429. The van der Waals surface area contributed by atoms with Crippen LogP contribution in [0.1, 0.15) is 26.7 Å². The molecule has 0 aliphatic rings. The molecule has 0 saturated heterocycles. The largest absolute Gasteiger partial charge is 0.497 e. The van der Waals surface area contributed by atoms with Crippen molar-refractivity contribution in [3.8, 4) is 5.75 Å². The van der Waals surface area contributed by atoms with E-state index in [0.29, 0.717) is 11.4 Å². The SMILES string of the molecule is COc1cccc(NC(=O)CC(C)(C)CC(=O)O)c1. The Morgan fingerprint density at radius 1 is 1.32 bits per heavy atom. The highest BCUT2D eigenvalue weighted by Crippen LogP contribution is 2.26. The predicted octanol–water partition coefficient (Wildman–Crippen LogP) is 2.52. The summed E-state index contributed by atoms with van der Waals surface area (Å²) in [6.45, 7) is 3.51. The van der Waals surface area contributed by atoms with E-state index in [0.717, 1.165) is 0 Å². The lowest BCUT2D eigenvalue weighted by molar-refractivity contribution is -0.139. The molecular weight excluding hydrogens is 246 g/mol. The molecular formula is C14H19NO4. The highest BCUT2D eigenvalue weighted by molar-refractivity contribution is 5.91. The van der Waals surface area contributed by atoms with Crippen LogP contribution in [0.3, 0.4) is 0 Å². The van der Waals surface area contributed by atoms with Crippen molar-refractivity contribution in [2.45, 2.75) is 26.7 Å². The van der Waals surface area contributed by atoms with E-state index in [1.165, 1.54) is 0 Å². The summed E-state index contributed by atoms with van der Waals surface area (Å²) in [5.41, 5.74) is 0.0601. The Labute approximate surface area is 112 Å². The highest BCUT2D eigenvalue weighted by Gasteiger charge is 2.25. The number of carboxylic acid groups (broad SMARTS) is 1. The zero-order valence-corrected chi connectivity index (χ0v) is 11.4. The van der Waals surface area contributed by atoms with Crippen molar-refractivity contribution in [2.75, 3.05) is 12.4 Å². The molecule has 0 spiro atoms. The van der Waals surface area contributed by atoms with Crippen LogP contribution >= 0.6 is 0 Å². The molecule has 0 bridgehead atoms. The van der Waals surface area contributed by atoms with E-state index in [1.807, 2.05) is 0 Å². The van der Waals surface area contributed by atoms with Gasteiger partial charge in [-0.3, -0.25) is 9.59 Å². The van der Waals surface area contributed by atoms with Gasteiger partial charge in [0, 0.05) is 18.2 Å². The number of hydrogen-bond acceptors (Lipinski definition) is 3. The van der Waals surface area contributed by atoms with Crippen molar-refractivity contribution >= 4 is 17.6 Å². The van der Waals surface area contributed by atoms with E-state index in [-0.39, 0.29) is 18.7 Å². The van der Waals surface area contributed by atoms with Crippen LogP contribution in [0.25, 0.3) is 0 Å². The quantitative estimate of drug-likeness (QED) is 0.828. The second-order valence-corrected chi connectivity index (χ2v) is 5.19. The minimum atomic E-state index is -0.904. The van der Waals surface area contributed by atoms with E-state index in [9.17, 15) is 9.59 Å². The fourth-order valence-corrected chi connectivity index (χ4v) is 1.81. The molecule has 1 aromatic carbocycles. The van der Waals surface area contributed by atoms with Crippen molar-refractivity contribution < 1.29 is 19.4 Å². The molecule has 19 heavy (non-hydrogen) atoms. The third-order valence-electron chi connectivity index (χ3n) is 2.62. The zero-order chi connectivity index (χ0) is 14.5. The summed E-state index contributed by atoms with van der Waals surface area (Å²) in [4.78, 5) is 22.6. The molecule has 0 atom stereocenters. The lowest BCUT2D eigenvalue weighted by Crippen LogP contribution is -2.24. The molecule has 1 amide bonds. The minimum absolute atomic E-state index is 0.0431. The third-order valence-corrected chi connectivity index (χ3v) is 2.62. The molecule has 1 aromatic rings. The molecule has 0 fully saturated rings. The average Bonchev–Trinajstić information content (AvgIpc) is 2.26. The Kier molecular flexibility index (Phi) is 4.92. The first-order valence-electron chi connectivity index (χ1n) is 5.98. The predicted molar refractivity (Wildman–Crippen MR) is 72.3 cm³/mol. The second kappa shape index (κ2) is 6.22. The lowest BCUT2D eigenvalue weighted by Gasteiger charge is -2.21. The summed E-state index contributed by atoms with van der Waals surface area (Å²) < 4.78 is 5.06. The topological polar surface area (TPSA) is 75.6 Å². The summed E-state index contributed by atoms with van der Waals surface area (Å²) in [6.07, 6.45) is 0.106. The Hall–Kier alpha value is -2.04. The van der Waals surface area contributed by atoms with Crippen LogP contribution in [0.2, 0.25) is 0 Å². The summed E-state index contributed by atoms with van der Waals surface area (Å²) in [5.74, 6) is -0.457. The first-order valence-corrected chi connectivity index (χ1v) is 5.98. The van der Waals surface area contributed by atoms with Gasteiger partial charge in [-0.15, -0.1) is 0 Å². The smallest absolute Gasteiger partial charge is 0.303 e. The van der Waals surface area contributed by atoms with Gasteiger partial charge in [-0.25, -0.2) is 0 Å². The number of carbonyl (C=O) groups excluding carboxylic acids is 1. The first kappa shape index (κ1) is 15.0. The Bertz CT molecular complexity index is 468. The molecule has 0 heterocycles. The van der Waals surface area contributed by atoms with Gasteiger partial charge >= 0.3 is 5.97 Å². The molecule has 2 N–H and O–H groups in total. The average molecular weight is 265 g/mol. The Morgan fingerprint density at radius 3 is 2.58 bits per heavy atom. The van der Waals surface area contributed by atoms with Gasteiger partial charge in [0.15, 0.2) is 0 Å². The maximum Gasteiger partial charge on any atom is 0.303 e. The van der Waals surface area contributed by atoms with Crippen LogP contribution in [-0.4, -0.2) is 24.1 Å². The summed E-state index contributed by atoms with van der Waals surface area (Å²) >= 11 is 0. The third kappa shape index (κ3) is 5.42. The monoisotopic (exact) mass is 265 g/mol. The maximum atomic E-state index is 11.9. The highest BCUT2D eigenvalue weighted by atomic mass is 16.5. The molecule has 0 radical (unpaired) electrons. The van der Waals surface area contributed by atoms with Crippen molar-refractivity contribution in [3.05, 3.63) is 24.3 Å². The normalized spacial score (nSPS) is 10.9. The number of amides is 1. The summed E-state index contributed by atoms with van der Waals surface area (Å²) in [7, 11) is 1.55. The van der Waals surface area contributed by atoms with E-state index in [1.54, 1.807) is 45.2 Å². The van der Waals surface area contributed by atoms with E-state index in [2.05, 4.69) is 5.32 Å². The summed E-state index contributed by atoms with van der Waals surface area (Å²) in [5, 5.41) is 11.5. The van der Waals surface area contributed by atoms with Gasteiger partial charge in [-0.05, 0) is 17.5 Å². The molecule has 5 heteroatoms. The number of ether oxygens (including phenoxy) is 1. The number of benzene rings is 1. The first-order chi connectivity index (χ1) is 8.82. The number of rotatable bonds is 6. The number of carbonyl (C=O) groups is 2. The fourth-order valence-electron chi connectivity index (χ4n) is 1.81. The van der Waals surface area contributed by atoms with E-state index < -0.39 is 11.4 Å². The lowest BCUT2D eigenvalue weighted by atomic mass is 9.85. The molecule has 0 aromatic heterocycles. The number of methoxy groups -OCH3 is 1. The van der Waals surface area contributed by atoms with Gasteiger partial charge in [-0.2, -0.15) is 0 Å². The van der Waals surface area contributed by atoms with Gasteiger partial charge in [0.05, 0.1) is 13.5 Å². The minimum Gasteiger partial charge on any atom is -0.497 e. The van der Waals surface area contributed by atoms with E-state index in [4.69, 9.17) is 9.84 Å². The molecule has 104 valence electrons. The standard InChI is InChI=1S/C14H19NO4/c1-14(2,9-13(17)18)8-12(16)15-10-5-4-6-11(7-10)19-3/h4-7H,8-9H2,1-3H3,(H,15,16)(H,17,18). The van der Waals surface area contributed by atoms with Crippen LogP contribution < -0.4 is 10.1 Å². The van der Waals surface area contributed by atoms with Crippen molar-refractivity contribution in [3.63, 3.8) is 0 Å². The van der Waals surface area contributed by atoms with Crippen molar-refractivity contribution in [1.29, 1.82) is 0 Å². The van der Waals surface area contributed by atoms with E-state index >= 15 is 0 Å². The van der Waals surface area contributed by atoms with Gasteiger partial charge in [0.2, 0.25) is 5.91 Å². The molecule has 0 aliphatic carbocycles. The Morgan fingerprint density at radius 2 is 2.00 bits per heavy atom. The summed E-state index contributed by atoms with van der Waals surface area (Å²) in [6, 6.07) is 7.02. The van der Waals surface area contributed by atoms with Crippen LogP contribution in [0, 0.1) is 5.41 Å².